The Labute approximate surface area is 343 Å². The first-order valence-corrected chi connectivity index (χ1v) is 23.1. The first-order chi connectivity index (χ1) is 27.5. The summed E-state index contributed by atoms with van der Waals surface area (Å²) in [6.45, 7) is 4.08. The quantitative estimate of drug-likeness (QED) is 0.0155. The Morgan fingerprint density at radius 3 is 1.56 bits per heavy atom. The van der Waals surface area contributed by atoms with Crippen LogP contribution in [0, 0.1) is 0 Å². The minimum atomic E-state index is -5.02. The summed E-state index contributed by atoms with van der Waals surface area (Å²) in [7, 11) is -5.02. The maximum absolute atomic E-state index is 12.8. The Morgan fingerprint density at radius 1 is 0.579 bits per heavy atom. The molecule has 0 bridgehead atoms. The zero-order valence-electron chi connectivity index (χ0n) is 34.9. The van der Waals surface area contributed by atoms with Crippen LogP contribution >= 0.6 is 7.82 Å². The molecule has 0 amide bonds. The fourth-order valence-corrected chi connectivity index (χ4v) is 7.18. The van der Waals surface area contributed by atoms with Crippen LogP contribution in [0.3, 0.4) is 0 Å². The zero-order valence-corrected chi connectivity index (χ0v) is 35.8. The average Bonchev–Trinajstić information content (AvgIpc) is 3.19. The highest BCUT2D eigenvalue weighted by atomic mass is 31.2. The van der Waals surface area contributed by atoms with Crippen LogP contribution in [-0.2, 0) is 27.9 Å². The molecule has 330 valence electrons. The second-order valence-electron chi connectivity index (χ2n) is 14.8. The van der Waals surface area contributed by atoms with Gasteiger partial charge in [0.05, 0.1) is 13.2 Å². The van der Waals surface area contributed by atoms with Gasteiger partial charge in [-0.2, -0.15) is 0 Å². The van der Waals surface area contributed by atoms with Gasteiger partial charge in [0.1, 0.15) is 42.7 Å². The highest BCUT2D eigenvalue weighted by Crippen LogP contribution is 2.47. The number of esters is 1. The number of carbonyl (C=O) groups excluding carboxylic acids is 1. The number of ether oxygens (including phenoxy) is 2. The molecule has 13 heteroatoms. The maximum Gasteiger partial charge on any atom is 0.472 e. The van der Waals surface area contributed by atoms with Crippen LogP contribution in [0.4, 0.5) is 0 Å². The van der Waals surface area contributed by atoms with E-state index in [0.717, 1.165) is 70.6 Å². The summed E-state index contributed by atoms with van der Waals surface area (Å²) in [5.41, 5.74) is 0. The molecule has 0 saturated heterocycles. The number of hydrogen-bond acceptors (Lipinski definition) is 11. The molecule has 1 rings (SSSR count). The molecule has 0 radical (unpaired) electrons. The Balaban J connectivity index is 2.45. The third-order valence-electron chi connectivity index (χ3n) is 9.65. The van der Waals surface area contributed by atoms with Gasteiger partial charge in [-0.3, -0.25) is 13.8 Å². The molecule has 12 nitrogen and oxygen atoms in total. The zero-order chi connectivity index (χ0) is 42.0. The van der Waals surface area contributed by atoms with Crippen molar-refractivity contribution in [1.82, 2.24) is 0 Å². The van der Waals surface area contributed by atoms with Crippen molar-refractivity contribution in [1.29, 1.82) is 0 Å². The van der Waals surface area contributed by atoms with E-state index >= 15 is 0 Å². The summed E-state index contributed by atoms with van der Waals surface area (Å²) in [5.74, 6) is -0.510. The van der Waals surface area contributed by atoms with E-state index in [1.807, 2.05) is 0 Å². The number of aliphatic hydroxyl groups is 5. The summed E-state index contributed by atoms with van der Waals surface area (Å²) in [6.07, 6.45) is 30.1. The lowest BCUT2D eigenvalue weighted by atomic mass is 9.85. The first kappa shape index (κ1) is 53.1. The van der Waals surface area contributed by atoms with Gasteiger partial charge in [-0.25, -0.2) is 4.57 Å². The van der Waals surface area contributed by atoms with Crippen LogP contribution in [0.1, 0.15) is 149 Å². The maximum atomic E-state index is 12.8. The van der Waals surface area contributed by atoms with Crippen molar-refractivity contribution >= 4 is 13.8 Å². The molecular formula is C44H77O12P. The van der Waals surface area contributed by atoms with Crippen LogP contribution in [0.2, 0.25) is 0 Å². The largest absolute Gasteiger partial charge is 0.472 e. The fourth-order valence-electron chi connectivity index (χ4n) is 6.20. The number of unbranched alkanes of at least 4 members (excludes halogenated alkanes) is 13. The molecule has 1 aliphatic carbocycles. The smallest absolute Gasteiger partial charge is 0.457 e. The van der Waals surface area contributed by atoms with Gasteiger partial charge in [-0.1, -0.05) is 145 Å². The monoisotopic (exact) mass is 829 g/mol. The third kappa shape index (κ3) is 27.4. The fraction of sp³-hybridized carbons (Fsp3) is 0.750. The van der Waals surface area contributed by atoms with Crippen molar-refractivity contribution in [2.24, 2.45) is 0 Å². The van der Waals surface area contributed by atoms with Gasteiger partial charge in [0, 0.05) is 13.0 Å². The van der Waals surface area contributed by atoms with Gasteiger partial charge in [-0.05, 0) is 57.8 Å². The lowest BCUT2D eigenvalue weighted by Crippen LogP contribution is -2.64. The summed E-state index contributed by atoms with van der Waals surface area (Å²) < 4.78 is 34.0. The number of aliphatic hydroxyl groups excluding tert-OH is 5. The predicted octanol–water partition coefficient (Wildman–Crippen LogP) is 8.25. The number of phosphoric acid groups is 1. The number of rotatable bonds is 35. The summed E-state index contributed by atoms with van der Waals surface area (Å²) in [5, 5.41) is 50.1. The molecule has 0 aromatic heterocycles. The number of allylic oxidation sites excluding steroid dienone is 10. The van der Waals surface area contributed by atoms with E-state index in [9.17, 15) is 39.8 Å². The lowest BCUT2D eigenvalue weighted by molar-refractivity contribution is -0.220. The minimum absolute atomic E-state index is 0.0914. The van der Waals surface area contributed by atoms with Gasteiger partial charge < -0.3 is 39.9 Å². The second-order valence-corrected chi connectivity index (χ2v) is 16.2. The lowest BCUT2D eigenvalue weighted by Gasteiger charge is -2.41. The molecular weight excluding hydrogens is 751 g/mol. The summed E-state index contributed by atoms with van der Waals surface area (Å²) >= 11 is 0. The standard InChI is InChI=1S/C44H77O12P/c1-3-5-7-9-11-13-15-16-17-18-19-20-21-22-23-25-27-29-31-33-38(45)55-37(35-53-34-32-30-28-26-24-14-12-10-8-6-4-2)36-54-57(51,52)56-44-42(49)40(47)39(46)41(48)43(44)50/h5,7,11,13,16-17,19-20,22-23,37,39-44,46-50H,3-4,6,8-10,12,14-15,18,21,24-36H2,1-2H3,(H,51,52)/b7-5-,13-11-,17-16-,20-19-,23-22-. The van der Waals surface area contributed by atoms with Crippen molar-refractivity contribution in [2.45, 2.75) is 191 Å². The van der Waals surface area contributed by atoms with Crippen LogP contribution in [0.25, 0.3) is 0 Å². The van der Waals surface area contributed by atoms with Crippen LogP contribution in [0.15, 0.2) is 60.8 Å². The Bertz CT molecular complexity index is 1170. The van der Waals surface area contributed by atoms with Gasteiger partial charge in [0.25, 0.3) is 0 Å². The SMILES string of the molecule is CC/C=C\C/C=C\C/C=C\C/C=C\C/C=C\CCCCCC(=O)OC(COCCCCCCCCCCCCC)COP(=O)(O)OC1C(O)C(O)C(O)C(O)C1O. The van der Waals surface area contributed by atoms with Gasteiger partial charge in [-0.15, -0.1) is 0 Å². The predicted molar refractivity (Wildman–Crippen MR) is 225 cm³/mol. The van der Waals surface area contributed by atoms with Crippen LogP contribution in [0.5, 0.6) is 0 Å². The van der Waals surface area contributed by atoms with Crippen molar-refractivity contribution in [2.75, 3.05) is 19.8 Å². The molecule has 0 aromatic carbocycles. The normalized spacial score (nSPS) is 23.4. The Kier molecular flexibility index (Phi) is 32.4. The molecule has 6 unspecified atom stereocenters. The second kappa shape index (κ2) is 34.9. The molecule has 0 aromatic rings. The number of hydrogen-bond donors (Lipinski definition) is 6. The van der Waals surface area contributed by atoms with Crippen molar-refractivity contribution in [3.63, 3.8) is 0 Å². The van der Waals surface area contributed by atoms with E-state index in [0.29, 0.717) is 13.0 Å². The van der Waals surface area contributed by atoms with Crippen LogP contribution < -0.4 is 0 Å². The van der Waals surface area contributed by atoms with Gasteiger partial charge in [0.2, 0.25) is 0 Å². The number of phosphoric ester groups is 1. The third-order valence-corrected chi connectivity index (χ3v) is 10.6. The van der Waals surface area contributed by atoms with Gasteiger partial charge in [0.15, 0.2) is 0 Å². The first-order valence-electron chi connectivity index (χ1n) is 21.6. The molecule has 1 saturated carbocycles. The van der Waals surface area contributed by atoms with Gasteiger partial charge >= 0.3 is 13.8 Å². The van der Waals surface area contributed by atoms with E-state index in [-0.39, 0.29) is 13.0 Å². The summed E-state index contributed by atoms with van der Waals surface area (Å²) in [6, 6.07) is 0. The highest BCUT2D eigenvalue weighted by molar-refractivity contribution is 7.47. The van der Waals surface area contributed by atoms with Crippen molar-refractivity contribution < 1.29 is 58.3 Å². The molecule has 1 aliphatic rings. The minimum Gasteiger partial charge on any atom is -0.457 e. The number of carbonyl (C=O) groups is 1. The molecule has 1 fully saturated rings. The van der Waals surface area contributed by atoms with E-state index in [2.05, 4.69) is 74.6 Å². The van der Waals surface area contributed by atoms with E-state index < -0.39 is 63.1 Å². The van der Waals surface area contributed by atoms with E-state index in [1.165, 1.54) is 51.4 Å². The van der Waals surface area contributed by atoms with E-state index in [4.69, 9.17) is 18.5 Å². The molecule has 0 spiro atoms. The molecule has 0 aliphatic heterocycles. The van der Waals surface area contributed by atoms with E-state index in [1.54, 1.807) is 0 Å². The molecule has 6 atom stereocenters. The van der Waals surface area contributed by atoms with Crippen molar-refractivity contribution in [3.05, 3.63) is 60.8 Å². The van der Waals surface area contributed by atoms with Crippen molar-refractivity contribution in [3.8, 4) is 0 Å². The Morgan fingerprint density at radius 2 is 1.04 bits per heavy atom. The summed E-state index contributed by atoms with van der Waals surface area (Å²) in [4.78, 5) is 23.1. The highest BCUT2D eigenvalue weighted by Gasteiger charge is 2.51. The van der Waals surface area contributed by atoms with Crippen LogP contribution in [-0.4, -0.2) is 98.9 Å². The molecule has 6 N–H and O–H groups in total. The Hall–Kier alpha value is -1.96. The average molecular weight is 829 g/mol. The molecule has 57 heavy (non-hydrogen) atoms. The molecule has 0 heterocycles. The topological polar surface area (TPSA) is 192 Å².